The molecule has 4 nitrogen and oxygen atoms in total. The molecule has 162 valence electrons. The number of esters is 1. The van der Waals surface area contributed by atoms with Crippen LogP contribution in [-0.2, 0) is 14.9 Å². The zero-order chi connectivity index (χ0) is 22.3. The van der Waals surface area contributed by atoms with Crippen LogP contribution in [0.15, 0.2) is 42.5 Å². The topological polar surface area (TPSA) is 55.4 Å². The standard InChI is InChI=1S/C25H26ClNO3S/c1-5-30-24(29)21-17-11-8-15(25(2,3)4)12-20(17)31-23(21)27-22(28)19-13-18(19)14-6-9-16(26)10-7-14/h6-12,18-19H,5,13H2,1-4H3,(H,27,28)/t18-,19+/m0/s1. The van der Waals surface area contributed by atoms with Crippen molar-refractivity contribution in [1.82, 2.24) is 0 Å². The van der Waals surface area contributed by atoms with E-state index < -0.39 is 5.97 Å². The van der Waals surface area contributed by atoms with Gasteiger partial charge in [-0.15, -0.1) is 11.3 Å². The second-order valence-electron chi connectivity index (χ2n) is 8.98. The summed E-state index contributed by atoms with van der Waals surface area (Å²) in [7, 11) is 0. The molecule has 2 aromatic carbocycles. The van der Waals surface area contributed by atoms with Gasteiger partial charge in [0.05, 0.1) is 6.61 Å². The van der Waals surface area contributed by atoms with Crippen LogP contribution in [0, 0.1) is 5.92 Å². The lowest BCUT2D eigenvalue weighted by molar-refractivity contribution is -0.117. The fourth-order valence-electron chi connectivity index (χ4n) is 3.82. The van der Waals surface area contributed by atoms with Gasteiger partial charge in [-0.3, -0.25) is 4.79 Å². The van der Waals surface area contributed by atoms with Gasteiger partial charge in [-0.1, -0.05) is 56.6 Å². The number of benzene rings is 2. The summed E-state index contributed by atoms with van der Waals surface area (Å²) in [5.41, 5.74) is 2.73. The molecule has 0 spiro atoms. The van der Waals surface area contributed by atoms with E-state index in [1.807, 2.05) is 36.4 Å². The predicted octanol–water partition coefficient (Wildman–Crippen LogP) is 6.77. The molecule has 2 atom stereocenters. The molecule has 6 heteroatoms. The first-order valence-electron chi connectivity index (χ1n) is 10.5. The largest absolute Gasteiger partial charge is 0.462 e. The molecule has 3 aromatic rings. The lowest BCUT2D eigenvalue weighted by atomic mass is 9.87. The molecule has 4 rings (SSSR count). The number of rotatable bonds is 5. The molecular weight excluding hydrogens is 430 g/mol. The SMILES string of the molecule is CCOC(=O)c1c(NC(=O)[C@@H]2C[C@H]2c2ccc(Cl)cc2)sc2cc(C(C)(C)C)ccc12. The van der Waals surface area contributed by atoms with Gasteiger partial charge in [0.25, 0.3) is 0 Å². The van der Waals surface area contributed by atoms with Gasteiger partial charge in [0, 0.05) is 21.0 Å². The average molecular weight is 456 g/mol. The first-order valence-corrected chi connectivity index (χ1v) is 11.7. The number of fused-ring (bicyclic) bond motifs is 1. The Morgan fingerprint density at radius 1 is 1.16 bits per heavy atom. The minimum absolute atomic E-state index is 0.00844. The zero-order valence-electron chi connectivity index (χ0n) is 18.1. The van der Waals surface area contributed by atoms with E-state index in [1.54, 1.807) is 6.92 Å². The van der Waals surface area contributed by atoms with Gasteiger partial charge < -0.3 is 10.1 Å². The van der Waals surface area contributed by atoms with Crippen LogP contribution < -0.4 is 5.32 Å². The van der Waals surface area contributed by atoms with Crippen molar-refractivity contribution in [3.05, 3.63) is 64.2 Å². The van der Waals surface area contributed by atoms with Crippen molar-refractivity contribution in [2.45, 2.75) is 45.4 Å². The van der Waals surface area contributed by atoms with Gasteiger partial charge in [0.15, 0.2) is 0 Å². The summed E-state index contributed by atoms with van der Waals surface area (Å²) in [6.45, 7) is 8.52. The summed E-state index contributed by atoms with van der Waals surface area (Å²) in [6, 6.07) is 13.7. The van der Waals surface area contributed by atoms with Crippen LogP contribution >= 0.6 is 22.9 Å². The normalized spacial score (nSPS) is 18.1. The van der Waals surface area contributed by atoms with E-state index in [0.717, 1.165) is 22.1 Å². The first kappa shape index (κ1) is 21.8. The number of amides is 1. The first-order chi connectivity index (χ1) is 14.7. The molecular formula is C25H26ClNO3S. The maximum absolute atomic E-state index is 13.0. The molecule has 0 unspecified atom stereocenters. The number of ether oxygens (including phenoxy) is 1. The van der Waals surface area contributed by atoms with Crippen LogP contribution in [0.25, 0.3) is 10.1 Å². The van der Waals surface area contributed by atoms with Crippen molar-refractivity contribution < 1.29 is 14.3 Å². The van der Waals surface area contributed by atoms with E-state index in [4.69, 9.17) is 16.3 Å². The van der Waals surface area contributed by atoms with Gasteiger partial charge in [-0.2, -0.15) is 0 Å². The number of hydrogen-bond donors (Lipinski definition) is 1. The van der Waals surface area contributed by atoms with Crippen LogP contribution in [0.4, 0.5) is 5.00 Å². The van der Waals surface area contributed by atoms with Crippen LogP contribution in [-0.4, -0.2) is 18.5 Å². The molecule has 1 aliphatic carbocycles. The van der Waals surface area contributed by atoms with E-state index >= 15 is 0 Å². The minimum Gasteiger partial charge on any atom is -0.462 e. The Labute approximate surface area is 191 Å². The highest BCUT2D eigenvalue weighted by Crippen LogP contribution is 2.49. The second-order valence-corrected chi connectivity index (χ2v) is 10.5. The summed E-state index contributed by atoms with van der Waals surface area (Å²) < 4.78 is 6.26. The Hall–Kier alpha value is -2.37. The summed E-state index contributed by atoms with van der Waals surface area (Å²) in [5, 5.41) is 5.09. The van der Waals surface area contributed by atoms with Crippen molar-refractivity contribution in [1.29, 1.82) is 0 Å². The molecule has 1 amide bonds. The van der Waals surface area contributed by atoms with Crippen molar-refractivity contribution in [2.75, 3.05) is 11.9 Å². The molecule has 1 aromatic heterocycles. The Morgan fingerprint density at radius 3 is 2.52 bits per heavy atom. The number of anilines is 1. The quantitative estimate of drug-likeness (QED) is 0.432. The van der Waals surface area contributed by atoms with Crippen LogP contribution in [0.1, 0.15) is 61.5 Å². The molecule has 0 saturated heterocycles. The van der Waals surface area contributed by atoms with Gasteiger partial charge in [0.1, 0.15) is 10.6 Å². The zero-order valence-corrected chi connectivity index (χ0v) is 19.7. The number of thiophene rings is 1. The Balaban J connectivity index is 1.62. The molecule has 0 radical (unpaired) electrons. The van der Waals surface area contributed by atoms with Crippen molar-refractivity contribution in [3.8, 4) is 0 Å². The summed E-state index contributed by atoms with van der Waals surface area (Å²) in [5.74, 6) is -0.387. The number of hydrogen-bond acceptors (Lipinski definition) is 4. The molecule has 1 saturated carbocycles. The summed E-state index contributed by atoms with van der Waals surface area (Å²) in [4.78, 5) is 25.7. The molecule has 0 aliphatic heterocycles. The highest BCUT2D eigenvalue weighted by Gasteiger charge is 2.44. The molecule has 31 heavy (non-hydrogen) atoms. The maximum atomic E-state index is 13.0. The number of carbonyl (C=O) groups is 2. The lowest BCUT2D eigenvalue weighted by Crippen LogP contribution is -2.16. The molecule has 1 fully saturated rings. The molecule has 1 heterocycles. The smallest absolute Gasteiger partial charge is 0.341 e. The van der Waals surface area contributed by atoms with E-state index in [9.17, 15) is 9.59 Å². The fourth-order valence-corrected chi connectivity index (χ4v) is 5.08. The fraction of sp³-hybridized carbons (Fsp3) is 0.360. The van der Waals surface area contributed by atoms with Crippen molar-refractivity contribution >= 4 is 49.9 Å². The van der Waals surface area contributed by atoms with E-state index in [1.165, 1.54) is 16.9 Å². The Bertz CT molecular complexity index is 1140. The Kier molecular flexibility index (Phi) is 5.84. The number of halogens is 1. The van der Waals surface area contributed by atoms with Crippen LogP contribution in [0.2, 0.25) is 5.02 Å². The highest BCUT2D eigenvalue weighted by atomic mass is 35.5. The molecule has 0 bridgehead atoms. The molecule has 1 N–H and O–H groups in total. The second kappa shape index (κ2) is 8.29. The highest BCUT2D eigenvalue weighted by molar-refractivity contribution is 7.23. The van der Waals surface area contributed by atoms with E-state index in [2.05, 4.69) is 32.2 Å². The van der Waals surface area contributed by atoms with Gasteiger partial charge in [0.2, 0.25) is 5.91 Å². The lowest BCUT2D eigenvalue weighted by Gasteiger charge is -2.18. The van der Waals surface area contributed by atoms with Gasteiger partial charge >= 0.3 is 5.97 Å². The molecule has 1 aliphatic rings. The summed E-state index contributed by atoms with van der Waals surface area (Å²) in [6.07, 6.45) is 0.793. The van der Waals surface area contributed by atoms with Crippen molar-refractivity contribution in [3.63, 3.8) is 0 Å². The number of carbonyl (C=O) groups excluding carboxylic acids is 2. The van der Waals surface area contributed by atoms with Crippen LogP contribution in [0.5, 0.6) is 0 Å². The van der Waals surface area contributed by atoms with E-state index in [0.29, 0.717) is 15.6 Å². The van der Waals surface area contributed by atoms with Gasteiger partial charge in [-0.25, -0.2) is 4.79 Å². The maximum Gasteiger partial charge on any atom is 0.341 e. The third-order valence-corrected chi connectivity index (χ3v) is 7.02. The van der Waals surface area contributed by atoms with E-state index in [-0.39, 0.29) is 29.8 Å². The van der Waals surface area contributed by atoms with Crippen molar-refractivity contribution in [2.24, 2.45) is 5.92 Å². The summed E-state index contributed by atoms with van der Waals surface area (Å²) >= 11 is 7.40. The number of nitrogens with one attached hydrogen (secondary N) is 1. The third-order valence-electron chi connectivity index (χ3n) is 5.70. The predicted molar refractivity (Wildman–Crippen MR) is 127 cm³/mol. The monoisotopic (exact) mass is 455 g/mol. The minimum atomic E-state index is -0.405. The average Bonchev–Trinajstić information content (AvgIpc) is 3.42. The Morgan fingerprint density at radius 2 is 1.87 bits per heavy atom. The third kappa shape index (κ3) is 4.48. The van der Waals surface area contributed by atoms with Crippen LogP contribution in [0.3, 0.4) is 0 Å². The van der Waals surface area contributed by atoms with Gasteiger partial charge in [-0.05, 0) is 54.0 Å².